The van der Waals surface area contributed by atoms with Gasteiger partial charge in [-0.05, 0) is 45.6 Å². The fourth-order valence-electron chi connectivity index (χ4n) is 3.04. The molecule has 0 saturated carbocycles. The molecule has 0 radical (unpaired) electrons. The second-order valence-electron chi connectivity index (χ2n) is 7.18. The summed E-state index contributed by atoms with van der Waals surface area (Å²) in [4.78, 5) is 2.61. The summed E-state index contributed by atoms with van der Waals surface area (Å²) in [7, 11) is 0. The summed E-state index contributed by atoms with van der Waals surface area (Å²) in [5, 5.41) is 3.56. The van der Waals surface area contributed by atoms with Crippen LogP contribution in [0.15, 0.2) is 0 Å². The van der Waals surface area contributed by atoms with Gasteiger partial charge < -0.3 is 9.64 Å². The van der Waals surface area contributed by atoms with Gasteiger partial charge in [-0.1, -0.05) is 13.8 Å². The SMILES string of the molecule is CC(C)N1CCCC(CC2NCC(C)(C)CO2)C1. The van der Waals surface area contributed by atoms with E-state index in [-0.39, 0.29) is 6.23 Å². The lowest BCUT2D eigenvalue weighted by Gasteiger charge is -2.40. The second-order valence-corrected chi connectivity index (χ2v) is 7.18. The number of hydrogen-bond acceptors (Lipinski definition) is 3. The standard InChI is InChI=1S/C15H30N2O/c1-12(2)17-7-5-6-13(9-17)8-14-16-10-15(3,4)11-18-14/h12-14,16H,5-11H2,1-4H3. The van der Waals surface area contributed by atoms with Crippen molar-refractivity contribution < 1.29 is 4.74 Å². The van der Waals surface area contributed by atoms with Crippen molar-refractivity contribution >= 4 is 0 Å². The first-order valence-electron chi connectivity index (χ1n) is 7.55. The average molecular weight is 254 g/mol. The highest BCUT2D eigenvalue weighted by atomic mass is 16.5. The molecule has 1 N–H and O–H groups in total. The largest absolute Gasteiger partial charge is 0.363 e. The van der Waals surface area contributed by atoms with Gasteiger partial charge in [0.05, 0.1) is 6.61 Å². The van der Waals surface area contributed by atoms with Crippen LogP contribution >= 0.6 is 0 Å². The van der Waals surface area contributed by atoms with E-state index in [0.29, 0.717) is 11.5 Å². The predicted molar refractivity (Wildman–Crippen MR) is 75.6 cm³/mol. The Labute approximate surface area is 112 Å². The normalized spacial score (nSPS) is 33.8. The Bertz CT molecular complexity index is 255. The highest BCUT2D eigenvalue weighted by Gasteiger charge is 2.30. The molecule has 0 aromatic heterocycles. The zero-order valence-corrected chi connectivity index (χ0v) is 12.5. The maximum Gasteiger partial charge on any atom is 0.108 e. The summed E-state index contributed by atoms with van der Waals surface area (Å²) in [6.07, 6.45) is 4.18. The summed E-state index contributed by atoms with van der Waals surface area (Å²) in [6, 6.07) is 0.687. The van der Waals surface area contributed by atoms with Crippen LogP contribution in [0.25, 0.3) is 0 Å². The first-order chi connectivity index (χ1) is 8.46. The molecule has 2 aliphatic heterocycles. The van der Waals surface area contributed by atoms with Gasteiger partial charge in [0.15, 0.2) is 0 Å². The van der Waals surface area contributed by atoms with E-state index in [1.165, 1.54) is 32.4 Å². The summed E-state index contributed by atoms with van der Waals surface area (Å²) < 4.78 is 5.96. The molecular weight excluding hydrogens is 224 g/mol. The molecule has 106 valence electrons. The van der Waals surface area contributed by atoms with Crippen molar-refractivity contribution in [1.82, 2.24) is 10.2 Å². The number of piperidine rings is 1. The molecule has 2 saturated heterocycles. The molecule has 3 nitrogen and oxygen atoms in total. The Balaban J connectivity index is 1.76. The van der Waals surface area contributed by atoms with Crippen LogP contribution in [0, 0.1) is 11.3 Å². The minimum Gasteiger partial charge on any atom is -0.363 e. The fourth-order valence-corrected chi connectivity index (χ4v) is 3.04. The number of likely N-dealkylation sites (tertiary alicyclic amines) is 1. The van der Waals surface area contributed by atoms with Crippen molar-refractivity contribution in [3.63, 3.8) is 0 Å². The summed E-state index contributed by atoms with van der Waals surface area (Å²) in [5.74, 6) is 0.805. The molecule has 2 atom stereocenters. The first kappa shape index (κ1) is 14.3. The van der Waals surface area contributed by atoms with Crippen molar-refractivity contribution in [3.8, 4) is 0 Å². The number of rotatable bonds is 3. The van der Waals surface area contributed by atoms with Crippen molar-refractivity contribution in [2.24, 2.45) is 11.3 Å². The fraction of sp³-hybridized carbons (Fsp3) is 1.00. The Morgan fingerprint density at radius 2 is 2.17 bits per heavy atom. The molecule has 0 aliphatic carbocycles. The molecular formula is C15H30N2O. The van der Waals surface area contributed by atoms with Crippen molar-refractivity contribution in [2.45, 2.75) is 59.2 Å². The van der Waals surface area contributed by atoms with Crippen LogP contribution in [0.3, 0.4) is 0 Å². The van der Waals surface area contributed by atoms with E-state index in [1.807, 2.05) is 0 Å². The Kier molecular flexibility index (Phi) is 4.68. The molecule has 3 heteroatoms. The van der Waals surface area contributed by atoms with Gasteiger partial charge in [0, 0.05) is 24.5 Å². The van der Waals surface area contributed by atoms with Gasteiger partial charge in [-0.3, -0.25) is 5.32 Å². The van der Waals surface area contributed by atoms with Gasteiger partial charge in [0.25, 0.3) is 0 Å². The van der Waals surface area contributed by atoms with E-state index in [0.717, 1.165) is 19.1 Å². The molecule has 0 spiro atoms. The maximum absolute atomic E-state index is 5.96. The predicted octanol–water partition coefficient (Wildman–Crippen LogP) is 2.47. The van der Waals surface area contributed by atoms with Crippen LogP contribution < -0.4 is 5.32 Å². The molecule has 18 heavy (non-hydrogen) atoms. The van der Waals surface area contributed by atoms with Crippen LogP contribution in [0.1, 0.15) is 47.0 Å². The molecule has 0 aromatic rings. The molecule has 0 aromatic carbocycles. The minimum absolute atomic E-state index is 0.287. The highest BCUT2D eigenvalue weighted by Crippen LogP contribution is 2.26. The Morgan fingerprint density at radius 3 is 2.78 bits per heavy atom. The van der Waals surface area contributed by atoms with Crippen molar-refractivity contribution in [3.05, 3.63) is 0 Å². The molecule has 2 heterocycles. The Morgan fingerprint density at radius 1 is 1.39 bits per heavy atom. The maximum atomic E-state index is 5.96. The minimum atomic E-state index is 0.287. The second kappa shape index (κ2) is 5.89. The number of nitrogens with zero attached hydrogens (tertiary/aromatic N) is 1. The van der Waals surface area contributed by atoms with Gasteiger partial charge in [-0.25, -0.2) is 0 Å². The third-order valence-electron chi connectivity index (χ3n) is 4.31. The van der Waals surface area contributed by atoms with Gasteiger partial charge in [0.2, 0.25) is 0 Å². The van der Waals surface area contributed by atoms with Crippen LogP contribution in [0.5, 0.6) is 0 Å². The molecule has 0 amide bonds. The number of hydrogen-bond donors (Lipinski definition) is 1. The molecule has 2 fully saturated rings. The quantitative estimate of drug-likeness (QED) is 0.837. The molecule has 0 bridgehead atoms. The molecule has 2 unspecified atom stereocenters. The molecule has 2 rings (SSSR count). The topological polar surface area (TPSA) is 24.5 Å². The van der Waals surface area contributed by atoms with Gasteiger partial charge >= 0.3 is 0 Å². The molecule has 2 aliphatic rings. The third kappa shape index (κ3) is 3.94. The highest BCUT2D eigenvalue weighted by molar-refractivity contribution is 4.81. The van der Waals surface area contributed by atoms with Crippen LogP contribution in [0.2, 0.25) is 0 Å². The monoisotopic (exact) mass is 254 g/mol. The zero-order valence-electron chi connectivity index (χ0n) is 12.5. The lowest BCUT2D eigenvalue weighted by Crippen LogP contribution is -2.49. The smallest absolute Gasteiger partial charge is 0.108 e. The van der Waals surface area contributed by atoms with E-state index in [2.05, 4.69) is 37.9 Å². The van der Waals surface area contributed by atoms with Gasteiger partial charge in [0.1, 0.15) is 6.23 Å². The van der Waals surface area contributed by atoms with Crippen molar-refractivity contribution in [2.75, 3.05) is 26.2 Å². The van der Waals surface area contributed by atoms with E-state index in [4.69, 9.17) is 4.74 Å². The van der Waals surface area contributed by atoms with Gasteiger partial charge in [-0.15, -0.1) is 0 Å². The van der Waals surface area contributed by atoms with E-state index in [1.54, 1.807) is 0 Å². The lowest BCUT2D eigenvalue weighted by atomic mass is 9.90. The van der Waals surface area contributed by atoms with E-state index >= 15 is 0 Å². The third-order valence-corrected chi connectivity index (χ3v) is 4.31. The van der Waals surface area contributed by atoms with Crippen molar-refractivity contribution in [1.29, 1.82) is 0 Å². The lowest BCUT2D eigenvalue weighted by molar-refractivity contribution is -0.0715. The number of nitrogens with one attached hydrogen (secondary N) is 1. The average Bonchev–Trinajstić information content (AvgIpc) is 2.32. The number of ether oxygens (including phenoxy) is 1. The van der Waals surface area contributed by atoms with E-state index < -0.39 is 0 Å². The van der Waals surface area contributed by atoms with Crippen LogP contribution in [-0.2, 0) is 4.74 Å². The van der Waals surface area contributed by atoms with Crippen LogP contribution in [0.4, 0.5) is 0 Å². The van der Waals surface area contributed by atoms with E-state index in [9.17, 15) is 0 Å². The summed E-state index contributed by atoms with van der Waals surface area (Å²) in [6.45, 7) is 13.6. The zero-order chi connectivity index (χ0) is 13.2. The van der Waals surface area contributed by atoms with Gasteiger partial charge in [-0.2, -0.15) is 0 Å². The first-order valence-corrected chi connectivity index (χ1v) is 7.55. The summed E-state index contributed by atoms with van der Waals surface area (Å²) in [5.41, 5.74) is 0.299. The van der Waals surface area contributed by atoms with Crippen LogP contribution in [-0.4, -0.2) is 43.4 Å². The summed E-state index contributed by atoms with van der Waals surface area (Å²) >= 11 is 0. The Hall–Kier alpha value is -0.120.